The summed E-state index contributed by atoms with van der Waals surface area (Å²) in [6, 6.07) is 11.1. The maximum atomic E-state index is 5.99. The molecular formula is C14H21NS. The van der Waals surface area contributed by atoms with E-state index >= 15 is 0 Å². The lowest BCUT2D eigenvalue weighted by Gasteiger charge is -2.23. The minimum atomic E-state index is 0.451. The fourth-order valence-corrected chi connectivity index (χ4v) is 3.71. The third kappa shape index (κ3) is 3.26. The van der Waals surface area contributed by atoms with Crippen LogP contribution in [0.1, 0.15) is 32.6 Å². The van der Waals surface area contributed by atoms with E-state index in [-0.39, 0.29) is 0 Å². The van der Waals surface area contributed by atoms with Crippen LogP contribution >= 0.6 is 11.8 Å². The first-order chi connectivity index (χ1) is 7.68. The van der Waals surface area contributed by atoms with E-state index in [2.05, 4.69) is 37.3 Å². The van der Waals surface area contributed by atoms with Crippen LogP contribution in [-0.4, -0.2) is 11.8 Å². The van der Waals surface area contributed by atoms with Crippen molar-refractivity contribution in [3.8, 4) is 0 Å². The van der Waals surface area contributed by atoms with Crippen LogP contribution in [-0.2, 0) is 0 Å². The van der Waals surface area contributed by atoms with Crippen molar-refractivity contribution >= 4 is 11.8 Å². The molecule has 1 fully saturated rings. The first-order valence-corrected chi connectivity index (χ1v) is 7.10. The molecule has 16 heavy (non-hydrogen) atoms. The van der Waals surface area contributed by atoms with Crippen LogP contribution in [0.2, 0.25) is 0 Å². The van der Waals surface area contributed by atoms with Crippen LogP contribution in [0.15, 0.2) is 35.2 Å². The van der Waals surface area contributed by atoms with Crippen LogP contribution in [0, 0.1) is 5.41 Å². The predicted molar refractivity (Wildman–Crippen MR) is 71.7 cm³/mol. The molecule has 0 saturated heterocycles. The van der Waals surface area contributed by atoms with Gasteiger partial charge in [0.25, 0.3) is 0 Å². The number of hydrogen-bond acceptors (Lipinski definition) is 2. The van der Waals surface area contributed by atoms with E-state index in [1.165, 1.54) is 36.3 Å². The maximum absolute atomic E-state index is 5.99. The van der Waals surface area contributed by atoms with Gasteiger partial charge in [-0.25, -0.2) is 0 Å². The molecular weight excluding hydrogens is 214 g/mol. The standard InChI is InChI=1S/C14H21NS/c1-14(8-7-12(15)11-14)9-10-16-13-5-3-2-4-6-13/h2-6,12H,7-11,15H2,1H3. The molecule has 2 heteroatoms. The summed E-state index contributed by atoms with van der Waals surface area (Å²) in [4.78, 5) is 1.38. The Morgan fingerprint density at radius 2 is 2.12 bits per heavy atom. The summed E-state index contributed by atoms with van der Waals surface area (Å²) in [5, 5.41) is 0. The normalized spacial score (nSPS) is 29.5. The molecule has 2 unspecified atom stereocenters. The highest BCUT2D eigenvalue weighted by molar-refractivity contribution is 7.99. The molecule has 0 aromatic heterocycles. The zero-order valence-corrected chi connectivity index (χ0v) is 10.8. The third-order valence-corrected chi connectivity index (χ3v) is 4.60. The molecule has 1 nitrogen and oxygen atoms in total. The largest absolute Gasteiger partial charge is 0.328 e. The van der Waals surface area contributed by atoms with Crippen molar-refractivity contribution < 1.29 is 0 Å². The summed E-state index contributed by atoms with van der Waals surface area (Å²) in [5.41, 5.74) is 6.49. The van der Waals surface area contributed by atoms with Crippen LogP contribution in [0.25, 0.3) is 0 Å². The number of nitrogens with two attached hydrogens (primary N) is 1. The van der Waals surface area contributed by atoms with Gasteiger partial charge in [0.05, 0.1) is 0 Å². The summed E-state index contributed by atoms with van der Waals surface area (Å²) in [6.45, 7) is 2.39. The third-order valence-electron chi connectivity index (χ3n) is 3.59. The van der Waals surface area contributed by atoms with E-state index in [9.17, 15) is 0 Å². The van der Waals surface area contributed by atoms with Gasteiger partial charge in [0, 0.05) is 10.9 Å². The van der Waals surface area contributed by atoms with Crippen molar-refractivity contribution in [1.29, 1.82) is 0 Å². The van der Waals surface area contributed by atoms with Gasteiger partial charge < -0.3 is 5.73 Å². The fourth-order valence-electron chi connectivity index (χ4n) is 2.53. The van der Waals surface area contributed by atoms with Crippen molar-refractivity contribution in [3.05, 3.63) is 30.3 Å². The Labute approximate surface area is 103 Å². The summed E-state index contributed by atoms with van der Waals surface area (Å²) in [7, 11) is 0. The Bertz CT molecular complexity index is 325. The number of hydrogen-bond donors (Lipinski definition) is 1. The van der Waals surface area contributed by atoms with Gasteiger partial charge in [-0.05, 0) is 49.0 Å². The van der Waals surface area contributed by atoms with Gasteiger partial charge in [0.1, 0.15) is 0 Å². The first-order valence-electron chi connectivity index (χ1n) is 6.11. The number of rotatable bonds is 4. The van der Waals surface area contributed by atoms with E-state index in [0.717, 1.165) is 0 Å². The van der Waals surface area contributed by atoms with Gasteiger partial charge >= 0.3 is 0 Å². The van der Waals surface area contributed by atoms with Crippen molar-refractivity contribution in [3.63, 3.8) is 0 Å². The molecule has 1 saturated carbocycles. The average molecular weight is 235 g/mol. The van der Waals surface area contributed by atoms with Gasteiger partial charge in [-0.15, -0.1) is 11.8 Å². The maximum Gasteiger partial charge on any atom is 0.00719 e. The highest BCUT2D eigenvalue weighted by Gasteiger charge is 2.32. The lowest BCUT2D eigenvalue weighted by atomic mass is 9.86. The highest BCUT2D eigenvalue weighted by Crippen LogP contribution is 2.41. The minimum absolute atomic E-state index is 0.451. The molecule has 2 N–H and O–H groups in total. The van der Waals surface area contributed by atoms with Crippen molar-refractivity contribution in [1.82, 2.24) is 0 Å². The minimum Gasteiger partial charge on any atom is -0.328 e. The number of thioether (sulfide) groups is 1. The molecule has 1 aromatic carbocycles. The van der Waals surface area contributed by atoms with Gasteiger partial charge in [-0.2, -0.15) is 0 Å². The molecule has 0 spiro atoms. The molecule has 0 bridgehead atoms. The second kappa shape index (κ2) is 5.24. The van der Waals surface area contributed by atoms with Crippen molar-refractivity contribution in [2.45, 2.75) is 43.5 Å². The summed E-state index contributed by atoms with van der Waals surface area (Å²) in [5.74, 6) is 1.22. The first kappa shape index (κ1) is 12.0. The summed E-state index contributed by atoms with van der Waals surface area (Å²) >= 11 is 1.97. The molecule has 0 amide bonds. The fraction of sp³-hybridized carbons (Fsp3) is 0.571. The quantitative estimate of drug-likeness (QED) is 0.806. The van der Waals surface area contributed by atoms with Gasteiger partial charge in [-0.1, -0.05) is 25.1 Å². The van der Waals surface area contributed by atoms with Crippen molar-refractivity contribution in [2.24, 2.45) is 11.1 Å². The molecule has 0 heterocycles. The smallest absolute Gasteiger partial charge is 0.00719 e. The molecule has 2 atom stereocenters. The predicted octanol–water partition coefficient (Wildman–Crippen LogP) is 3.69. The Kier molecular flexibility index (Phi) is 3.93. The van der Waals surface area contributed by atoms with Crippen LogP contribution in [0.5, 0.6) is 0 Å². The summed E-state index contributed by atoms with van der Waals surface area (Å²) in [6.07, 6.45) is 5.03. The van der Waals surface area contributed by atoms with Crippen molar-refractivity contribution in [2.75, 3.05) is 5.75 Å². The molecule has 0 aliphatic heterocycles. The Hall–Kier alpha value is -0.470. The molecule has 1 aliphatic carbocycles. The second-order valence-corrected chi connectivity index (χ2v) is 6.39. The Morgan fingerprint density at radius 3 is 2.75 bits per heavy atom. The lowest BCUT2D eigenvalue weighted by molar-refractivity contribution is 0.322. The monoisotopic (exact) mass is 235 g/mol. The molecule has 88 valence electrons. The van der Waals surface area contributed by atoms with Gasteiger partial charge in [0.15, 0.2) is 0 Å². The van der Waals surface area contributed by atoms with Gasteiger partial charge in [0.2, 0.25) is 0 Å². The average Bonchev–Trinajstić information content (AvgIpc) is 2.60. The Morgan fingerprint density at radius 1 is 1.38 bits per heavy atom. The molecule has 1 aliphatic rings. The van der Waals surface area contributed by atoms with E-state index in [4.69, 9.17) is 5.73 Å². The van der Waals surface area contributed by atoms with Crippen LogP contribution in [0.4, 0.5) is 0 Å². The van der Waals surface area contributed by atoms with E-state index in [1.54, 1.807) is 0 Å². The van der Waals surface area contributed by atoms with Crippen LogP contribution in [0.3, 0.4) is 0 Å². The topological polar surface area (TPSA) is 26.0 Å². The SMILES string of the molecule is CC1(CCSc2ccccc2)CCC(N)C1. The zero-order valence-electron chi connectivity index (χ0n) is 9.99. The van der Waals surface area contributed by atoms with E-state index in [1.807, 2.05) is 11.8 Å². The second-order valence-electron chi connectivity index (χ2n) is 5.23. The Balaban J connectivity index is 1.76. The number of benzene rings is 1. The van der Waals surface area contributed by atoms with E-state index in [0.29, 0.717) is 11.5 Å². The van der Waals surface area contributed by atoms with Gasteiger partial charge in [-0.3, -0.25) is 0 Å². The molecule has 1 aromatic rings. The summed E-state index contributed by atoms with van der Waals surface area (Å²) < 4.78 is 0. The highest BCUT2D eigenvalue weighted by atomic mass is 32.2. The van der Waals surface area contributed by atoms with E-state index < -0.39 is 0 Å². The lowest BCUT2D eigenvalue weighted by Crippen LogP contribution is -2.19. The van der Waals surface area contributed by atoms with Crippen LogP contribution < -0.4 is 5.73 Å². The molecule has 2 rings (SSSR count). The molecule has 0 radical (unpaired) electrons. The zero-order chi connectivity index (χ0) is 11.4.